The highest BCUT2D eigenvalue weighted by atomic mass is 16.5. The van der Waals surface area contributed by atoms with Crippen molar-refractivity contribution < 1.29 is 19.7 Å². The summed E-state index contributed by atoms with van der Waals surface area (Å²) in [4.78, 5) is 11.1. The van der Waals surface area contributed by atoms with Crippen LogP contribution in [-0.4, -0.2) is 22.8 Å². The van der Waals surface area contributed by atoms with E-state index in [4.69, 9.17) is 4.74 Å². The van der Waals surface area contributed by atoms with Crippen molar-refractivity contribution in [2.24, 2.45) is 0 Å². The van der Waals surface area contributed by atoms with Crippen molar-refractivity contribution in [2.45, 2.75) is 19.4 Å². The lowest BCUT2D eigenvalue weighted by Crippen LogP contribution is -2.09. The lowest BCUT2D eigenvalue weighted by molar-refractivity contribution is -0.145. The molecule has 1 aromatic carbocycles. The number of esters is 1. The minimum atomic E-state index is -0.934. The third kappa shape index (κ3) is 3.59. The van der Waals surface area contributed by atoms with Crippen molar-refractivity contribution >= 4 is 5.97 Å². The Morgan fingerprint density at radius 3 is 2.87 bits per heavy atom. The minimum absolute atomic E-state index is 0.0652. The van der Waals surface area contributed by atoms with E-state index < -0.39 is 12.1 Å². The zero-order valence-corrected chi connectivity index (χ0v) is 8.51. The van der Waals surface area contributed by atoms with Gasteiger partial charge in [-0.25, -0.2) is 0 Å². The van der Waals surface area contributed by atoms with E-state index in [9.17, 15) is 15.0 Å². The first-order valence-electron chi connectivity index (χ1n) is 4.76. The Hall–Kier alpha value is -1.55. The van der Waals surface area contributed by atoms with Gasteiger partial charge in [-0.05, 0) is 24.6 Å². The maximum absolute atomic E-state index is 11.1. The minimum Gasteiger partial charge on any atom is -0.508 e. The molecule has 0 aliphatic heterocycles. The van der Waals surface area contributed by atoms with Gasteiger partial charge in [-0.1, -0.05) is 12.1 Å². The van der Waals surface area contributed by atoms with Gasteiger partial charge >= 0.3 is 5.97 Å². The molecule has 4 nitrogen and oxygen atoms in total. The fourth-order valence-electron chi connectivity index (χ4n) is 1.23. The predicted molar refractivity (Wildman–Crippen MR) is 54.3 cm³/mol. The van der Waals surface area contributed by atoms with E-state index in [1.165, 1.54) is 12.1 Å². The van der Waals surface area contributed by atoms with Gasteiger partial charge in [-0.2, -0.15) is 0 Å². The Bertz CT molecular complexity index is 335. The standard InChI is InChI=1S/C11H14O4/c1-2-15-11(14)7-10(13)8-4-3-5-9(12)6-8/h3-6,10,12-13H,2,7H2,1H3. The Labute approximate surface area is 88.1 Å². The van der Waals surface area contributed by atoms with Gasteiger partial charge in [0.1, 0.15) is 5.75 Å². The van der Waals surface area contributed by atoms with Crippen molar-refractivity contribution in [1.29, 1.82) is 0 Å². The highest BCUT2D eigenvalue weighted by Gasteiger charge is 2.13. The molecule has 2 N–H and O–H groups in total. The number of aliphatic hydroxyl groups excluding tert-OH is 1. The van der Waals surface area contributed by atoms with Crippen LogP contribution in [0.25, 0.3) is 0 Å². The molecule has 0 aromatic heterocycles. The van der Waals surface area contributed by atoms with E-state index in [-0.39, 0.29) is 12.2 Å². The molecule has 0 amide bonds. The molecule has 0 aliphatic carbocycles. The number of aromatic hydroxyl groups is 1. The first-order chi connectivity index (χ1) is 7.13. The first-order valence-corrected chi connectivity index (χ1v) is 4.76. The summed E-state index contributed by atoms with van der Waals surface area (Å²) < 4.78 is 4.70. The van der Waals surface area contributed by atoms with E-state index in [0.717, 1.165) is 0 Å². The fourth-order valence-corrected chi connectivity index (χ4v) is 1.23. The van der Waals surface area contributed by atoms with Gasteiger partial charge in [0.15, 0.2) is 0 Å². The molecule has 82 valence electrons. The molecule has 0 aliphatic rings. The second kappa shape index (κ2) is 5.36. The molecule has 0 radical (unpaired) electrons. The van der Waals surface area contributed by atoms with Crippen molar-refractivity contribution in [2.75, 3.05) is 6.61 Å². The molecule has 0 fully saturated rings. The molecule has 1 unspecified atom stereocenters. The number of aliphatic hydroxyl groups is 1. The highest BCUT2D eigenvalue weighted by Crippen LogP contribution is 2.20. The number of hydrogen-bond acceptors (Lipinski definition) is 4. The summed E-state index contributed by atoms with van der Waals surface area (Å²) in [7, 11) is 0. The number of phenolic OH excluding ortho intramolecular Hbond substituents is 1. The van der Waals surface area contributed by atoms with E-state index in [1.54, 1.807) is 19.1 Å². The van der Waals surface area contributed by atoms with E-state index in [2.05, 4.69) is 0 Å². The summed E-state index contributed by atoms with van der Waals surface area (Å²) >= 11 is 0. The van der Waals surface area contributed by atoms with Crippen molar-refractivity contribution in [3.63, 3.8) is 0 Å². The first kappa shape index (κ1) is 11.5. The molecule has 1 rings (SSSR count). The highest BCUT2D eigenvalue weighted by molar-refractivity contribution is 5.70. The van der Waals surface area contributed by atoms with Crippen LogP contribution in [0.3, 0.4) is 0 Å². The molecule has 0 heterocycles. The van der Waals surface area contributed by atoms with Gasteiger partial charge in [-0.3, -0.25) is 4.79 Å². The molecule has 0 spiro atoms. The maximum atomic E-state index is 11.1. The van der Waals surface area contributed by atoms with Gasteiger partial charge in [0.25, 0.3) is 0 Å². The van der Waals surface area contributed by atoms with Crippen LogP contribution in [0.2, 0.25) is 0 Å². The number of phenols is 1. The van der Waals surface area contributed by atoms with Crippen molar-refractivity contribution in [3.05, 3.63) is 29.8 Å². The molecule has 4 heteroatoms. The van der Waals surface area contributed by atoms with Gasteiger partial charge in [0.05, 0.1) is 19.1 Å². The van der Waals surface area contributed by atoms with Crippen LogP contribution in [0, 0.1) is 0 Å². The average Bonchev–Trinajstić information content (AvgIpc) is 2.18. The van der Waals surface area contributed by atoms with Gasteiger partial charge in [-0.15, -0.1) is 0 Å². The summed E-state index contributed by atoms with van der Waals surface area (Å²) in [6.45, 7) is 2.00. The van der Waals surface area contributed by atoms with Crippen LogP contribution in [0.15, 0.2) is 24.3 Å². The molecular formula is C11H14O4. The second-order valence-electron chi connectivity index (χ2n) is 3.12. The van der Waals surface area contributed by atoms with E-state index in [1.807, 2.05) is 0 Å². The Balaban J connectivity index is 2.60. The maximum Gasteiger partial charge on any atom is 0.308 e. The molecule has 1 atom stereocenters. The lowest BCUT2D eigenvalue weighted by Gasteiger charge is -2.10. The monoisotopic (exact) mass is 210 g/mol. The summed E-state index contributed by atoms with van der Waals surface area (Å²) in [5.41, 5.74) is 0.503. The van der Waals surface area contributed by atoms with E-state index in [0.29, 0.717) is 12.2 Å². The van der Waals surface area contributed by atoms with Crippen molar-refractivity contribution in [3.8, 4) is 5.75 Å². The smallest absolute Gasteiger partial charge is 0.308 e. The Morgan fingerprint density at radius 1 is 1.53 bits per heavy atom. The SMILES string of the molecule is CCOC(=O)CC(O)c1cccc(O)c1. The van der Waals surface area contributed by atoms with Crippen LogP contribution < -0.4 is 0 Å². The Kier molecular flexibility index (Phi) is 4.12. The number of hydrogen-bond donors (Lipinski definition) is 2. The van der Waals surface area contributed by atoms with Gasteiger partial charge in [0.2, 0.25) is 0 Å². The number of benzene rings is 1. The van der Waals surface area contributed by atoms with Crippen LogP contribution in [0.1, 0.15) is 25.0 Å². The molecule has 1 aromatic rings. The predicted octanol–water partition coefficient (Wildman–Crippen LogP) is 1.38. The summed E-state index contributed by atoms with van der Waals surface area (Å²) in [6, 6.07) is 6.17. The molecule has 0 bridgehead atoms. The zero-order valence-electron chi connectivity index (χ0n) is 8.51. The third-order valence-corrected chi connectivity index (χ3v) is 1.92. The zero-order chi connectivity index (χ0) is 11.3. The quantitative estimate of drug-likeness (QED) is 0.737. The molecular weight excluding hydrogens is 196 g/mol. The molecule has 0 saturated carbocycles. The number of rotatable bonds is 4. The number of ether oxygens (including phenoxy) is 1. The van der Waals surface area contributed by atoms with E-state index >= 15 is 0 Å². The summed E-state index contributed by atoms with van der Waals surface area (Å²) in [6.07, 6.45) is -1.03. The Morgan fingerprint density at radius 2 is 2.27 bits per heavy atom. The van der Waals surface area contributed by atoms with Crippen LogP contribution in [0.5, 0.6) is 5.75 Å². The van der Waals surface area contributed by atoms with Gasteiger partial charge < -0.3 is 14.9 Å². The number of carbonyl (C=O) groups excluding carboxylic acids is 1. The van der Waals surface area contributed by atoms with Gasteiger partial charge in [0, 0.05) is 0 Å². The lowest BCUT2D eigenvalue weighted by atomic mass is 10.1. The third-order valence-electron chi connectivity index (χ3n) is 1.92. The average molecular weight is 210 g/mol. The molecule has 15 heavy (non-hydrogen) atoms. The van der Waals surface area contributed by atoms with Crippen LogP contribution in [0.4, 0.5) is 0 Å². The largest absolute Gasteiger partial charge is 0.508 e. The normalized spacial score (nSPS) is 12.1. The second-order valence-corrected chi connectivity index (χ2v) is 3.12. The summed E-state index contributed by atoms with van der Waals surface area (Å²) in [5.74, 6) is -0.385. The number of carbonyl (C=O) groups is 1. The topological polar surface area (TPSA) is 66.8 Å². The fraction of sp³-hybridized carbons (Fsp3) is 0.364. The molecule has 0 saturated heterocycles. The van der Waals surface area contributed by atoms with Crippen molar-refractivity contribution in [1.82, 2.24) is 0 Å². The van der Waals surface area contributed by atoms with Crippen LogP contribution >= 0.6 is 0 Å². The summed E-state index contributed by atoms with van der Waals surface area (Å²) in [5, 5.41) is 18.8. The van der Waals surface area contributed by atoms with Crippen LogP contribution in [-0.2, 0) is 9.53 Å².